The molecule has 0 amide bonds. The Bertz CT molecular complexity index is 866. The Kier molecular flexibility index (Phi) is 8.29. The Morgan fingerprint density at radius 3 is 2.36 bits per heavy atom. The molecule has 0 fully saturated rings. The zero-order valence-electron chi connectivity index (χ0n) is 15.6. The van der Waals surface area contributed by atoms with Crippen molar-refractivity contribution in [3.8, 4) is 5.75 Å². The average Bonchev–Trinajstić information content (AvgIpc) is 2.66. The molecule has 1 atom stereocenters. The highest BCUT2D eigenvalue weighted by molar-refractivity contribution is 7.89. The maximum atomic E-state index is 12.2. The molecule has 1 unspecified atom stereocenters. The van der Waals surface area contributed by atoms with Crippen molar-refractivity contribution in [3.05, 3.63) is 59.1 Å². The molecule has 0 saturated heterocycles. The summed E-state index contributed by atoms with van der Waals surface area (Å²) in [5.41, 5.74) is 0.909. The summed E-state index contributed by atoms with van der Waals surface area (Å²) in [7, 11) is -3.59. The molecule has 2 N–H and O–H groups in total. The molecule has 0 saturated carbocycles. The van der Waals surface area contributed by atoms with Crippen LogP contribution in [-0.2, 0) is 21.2 Å². The van der Waals surface area contributed by atoms with Crippen LogP contribution < -0.4 is 9.46 Å². The summed E-state index contributed by atoms with van der Waals surface area (Å²) in [6.45, 7) is 2.23. The monoisotopic (exact) mass is 425 g/mol. The molecule has 0 radical (unpaired) electrons. The molecule has 0 aliphatic heterocycles. The minimum Gasteiger partial charge on any atom is -0.479 e. The SMILES string of the molecule is CCCCC(Oc1ccc(CCNS(=O)(=O)c2ccc(Cl)cc2)cc1)C(=O)O. The lowest BCUT2D eigenvalue weighted by Gasteiger charge is -2.15. The minimum absolute atomic E-state index is 0.160. The summed E-state index contributed by atoms with van der Waals surface area (Å²) in [6, 6.07) is 13.0. The van der Waals surface area contributed by atoms with Gasteiger partial charge in [-0.05, 0) is 61.2 Å². The first kappa shape index (κ1) is 22.2. The van der Waals surface area contributed by atoms with Crippen molar-refractivity contribution in [2.24, 2.45) is 0 Å². The topological polar surface area (TPSA) is 92.7 Å². The number of aliphatic carboxylic acids is 1. The Balaban J connectivity index is 1.88. The number of rotatable bonds is 11. The Hall–Kier alpha value is -2.09. The molecular weight excluding hydrogens is 402 g/mol. The molecule has 0 aromatic heterocycles. The highest BCUT2D eigenvalue weighted by Gasteiger charge is 2.18. The fourth-order valence-corrected chi connectivity index (χ4v) is 3.71. The average molecular weight is 426 g/mol. The van der Waals surface area contributed by atoms with Gasteiger partial charge in [-0.3, -0.25) is 0 Å². The molecule has 28 heavy (non-hydrogen) atoms. The van der Waals surface area contributed by atoms with E-state index in [4.69, 9.17) is 16.3 Å². The third-order valence-electron chi connectivity index (χ3n) is 4.13. The predicted octanol–water partition coefficient (Wildman–Crippen LogP) is 3.88. The Labute approximate surface area is 170 Å². The van der Waals surface area contributed by atoms with Crippen LogP contribution in [0.4, 0.5) is 0 Å². The maximum Gasteiger partial charge on any atom is 0.344 e. The number of benzene rings is 2. The van der Waals surface area contributed by atoms with Crippen LogP contribution in [0.2, 0.25) is 5.02 Å². The van der Waals surface area contributed by atoms with Crippen LogP contribution in [0.15, 0.2) is 53.4 Å². The van der Waals surface area contributed by atoms with Crippen molar-refractivity contribution in [3.63, 3.8) is 0 Å². The summed E-state index contributed by atoms with van der Waals surface area (Å²) in [4.78, 5) is 11.4. The molecule has 0 bridgehead atoms. The number of hydrogen-bond donors (Lipinski definition) is 2. The van der Waals surface area contributed by atoms with Crippen LogP contribution in [0.1, 0.15) is 31.7 Å². The molecule has 0 heterocycles. The van der Waals surface area contributed by atoms with E-state index in [2.05, 4.69) is 4.72 Å². The predicted molar refractivity (Wildman–Crippen MR) is 108 cm³/mol. The van der Waals surface area contributed by atoms with E-state index < -0.39 is 22.1 Å². The molecule has 0 spiro atoms. The van der Waals surface area contributed by atoms with Gasteiger partial charge >= 0.3 is 5.97 Å². The van der Waals surface area contributed by atoms with Gasteiger partial charge in [0.15, 0.2) is 6.10 Å². The van der Waals surface area contributed by atoms with Gasteiger partial charge in [-0.1, -0.05) is 37.1 Å². The first-order valence-corrected chi connectivity index (χ1v) is 10.9. The molecular formula is C20H24ClNO5S. The molecule has 6 nitrogen and oxygen atoms in total. The second-order valence-corrected chi connectivity index (χ2v) is 8.54. The van der Waals surface area contributed by atoms with Gasteiger partial charge in [0.2, 0.25) is 10.0 Å². The van der Waals surface area contributed by atoms with Crippen LogP contribution in [0, 0.1) is 0 Å². The van der Waals surface area contributed by atoms with E-state index in [0.717, 1.165) is 18.4 Å². The zero-order chi connectivity index (χ0) is 20.6. The molecule has 8 heteroatoms. The minimum atomic E-state index is -3.59. The lowest BCUT2D eigenvalue weighted by atomic mass is 10.1. The lowest BCUT2D eigenvalue weighted by molar-refractivity contribution is -0.145. The molecule has 2 aromatic carbocycles. The van der Waals surface area contributed by atoms with Crippen LogP contribution in [0.25, 0.3) is 0 Å². The molecule has 152 valence electrons. The number of carbonyl (C=O) groups is 1. The van der Waals surface area contributed by atoms with E-state index in [9.17, 15) is 18.3 Å². The van der Waals surface area contributed by atoms with Gasteiger partial charge in [-0.25, -0.2) is 17.9 Å². The van der Waals surface area contributed by atoms with E-state index in [-0.39, 0.29) is 11.4 Å². The van der Waals surface area contributed by atoms with E-state index in [1.54, 1.807) is 24.3 Å². The third-order valence-corrected chi connectivity index (χ3v) is 5.86. The molecule has 0 aliphatic rings. The van der Waals surface area contributed by atoms with E-state index in [1.165, 1.54) is 24.3 Å². The molecule has 2 rings (SSSR count). The van der Waals surface area contributed by atoms with Gasteiger partial charge in [0, 0.05) is 11.6 Å². The Morgan fingerprint density at radius 1 is 1.14 bits per heavy atom. The van der Waals surface area contributed by atoms with Crippen molar-refractivity contribution in [1.29, 1.82) is 0 Å². The number of ether oxygens (including phenoxy) is 1. The van der Waals surface area contributed by atoms with E-state index in [0.29, 0.717) is 23.6 Å². The van der Waals surface area contributed by atoms with Crippen LogP contribution in [-0.4, -0.2) is 32.1 Å². The number of halogens is 1. The van der Waals surface area contributed by atoms with Gasteiger partial charge in [0.05, 0.1) is 4.90 Å². The maximum absolute atomic E-state index is 12.2. The van der Waals surface area contributed by atoms with Gasteiger partial charge in [-0.15, -0.1) is 0 Å². The fraction of sp³-hybridized carbons (Fsp3) is 0.350. The number of nitrogens with one attached hydrogen (secondary N) is 1. The highest BCUT2D eigenvalue weighted by atomic mass is 35.5. The van der Waals surface area contributed by atoms with Gasteiger partial charge in [0.1, 0.15) is 5.75 Å². The standard InChI is InChI=1S/C20H24ClNO5S/c1-2-3-4-19(20(23)24)27-17-9-5-15(6-10-17)13-14-22-28(25,26)18-11-7-16(21)8-12-18/h5-12,19,22H,2-4,13-14H2,1H3,(H,23,24). The van der Waals surface area contributed by atoms with Crippen molar-refractivity contribution in [2.45, 2.75) is 43.6 Å². The van der Waals surface area contributed by atoms with Gasteiger partial charge < -0.3 is 9.84 Å². The first-order valence-electron chi connectivity index (χ1n) is 9.05. The van der Waals surface area contributed by atoms with E-state index in [1.807, 2.05) is 6.92 Å². The largest absolute Gasteiger partial charge is 0.479 e. The summed E-state index contributed by atoms with van der Waals surface area (Å²) < 4.78 is 32.5. The van der Waals surface area contributed by atoms with Crippen molar-refractivity contribution < 1.29 is 23.1 Å². The molecule has 2 aromatic rings. The second kappa shape index (κ2) is 10.5. The fourth-order valence-electron chi connectivity index (χ4n) is 2.55. The lowest BCUT2D eigenvalue weighted by Crippen LogP contribution is -2.27. The van der Waals surface area contributed by atoms with E-state index >= 15 is 0 Å². The third kappa shape index (κ3) is 6.82. The smallest absolute Gasteiger partial charge is 0.344 e. The number of hydrogen-bond acceptors (Lipinski definition) is 4. The van der Waals surface area contributed by atoms with Gasteiger partial charge in [-0.2, -0.15) is 0 Å². The Morgan fingerprint density at radius 2 is 1.79 bits per heavy atom. The zero-order valence-corrected chi connectivity index (χ0v) is 17.2. The normalized spacial score (nSPS) is 12.5. The van der Waals surface area contributed by atoms with Crippen LogP contribution >= 0.6 is 11.6 Å². The number of unbranched alkanes of at least 4 members (excludes halogenated alkanes) is 1. The summed E-state index contributed by atoms with van der Waals surface area (Å²) in [6.07, 6.45) is 1.77. The quantitative estimate of drug-likeness (QED) is 0.569. The highest BCUT2D eigenvalue weighted by Crippen LogP contribution is 2.17. The summed E-state index contributed by atoms with van der Waals surface area (Å²) in [5.74, 6) is -0.497. The van der Waals surface area contributed by atoms with Crippen LogP contribution in [0.5, 0.6) is 5.75 Å². The summed E-state index contributed by atoms with van der Waals surface area (Å²) >= 11 is 5.77. The number of carboxylic acid groups (broad SMARTS) is 1. The first-order chi connectivity index (χ1) is 13.3. The van der Waals surface area contributed by atoms with Gasteiger partial charge in [0.25, 0.3) is 0 Å². The number of carboxylic acids is 1. The van der Waals surface area contributed by atoms with Crippen molar-refractivity contribution in [1.82, 2.24) is 4.72 Å². The van der Waals surface area contributed by atoms with Crippen LogP contribution in [0.3, 0.4) is 0 Å². The number of sulfonamides is 1. The second-order valence-electron chi connectivity index (χ2n) is 6.33. The van der Waals surface area contributed by atoms with Crippen molar-refractivity contribution >= 4 is 27.6 Å². The molecule has 0 aliphatic carbocycles. The van der Waals surface area contributed by atoms with Crippen molar-refractivity contribution in [2.75, 3.05) is 6.54 Å². The summed E-state index contributed by atoms with van der Waals surface area (Å²) in [5, 5.41) is 9.69.